The SMILES string of the molecule is COc1ccc(CN(C)C(COC=O)C(C)O)cc1. The van der Waals surface area contributed by atoms with Crippen molar-refractivity contribution in [2.24, 2.45) is 0 Å². The average Bonchev–Trinajstić information content (AvgIpc) is 2.39. The first kappa shape index (κ1) is 15.5. The molecule has 0 aliphatic heterocycles. The van der Waals surface area contributed by atoms with Gasteiger partial charge < -0.3 is 14.6 Å². The zero-order chi connectivity index (χ0) is 14.3. The van der Waals surface area contributed by atoms with Crippen LogP contribution < -0.4 is 4.74 Å². The van der Waals surface area contributed by atoms with Crippen LogP contribution in [-0.2, 0) is 16.1 Å². The Kier molecular flexibility index (Phi) is 6.32. The monoisotopic (exact) mass is 267 g/mol. The third kappa shape index (κ3) is 4.89. The Bertz CT molecular complexity index is 378. The fraction of sp³-hybridized carbons (Fsp3) is 0.500. The minimum atomic E-state index is -0.580. The van der Waals surface area contributed by atoms with Crippen molar-refractivity contribution >= 4 is 6.47 Å². The Morgan fingerprint density at radius 2 is 2.00 bits per heavy atom. The number of aliphatic hydroxyl groups is 1. The molecule has 19 heavy (non-hydrogen) atoms. The summed E-state index contributed by atoms with van der Waals surface area (Å²) in [5.41, 5.74) is 1.10. The number of likely N-dealkylation sites (N-methyl/N-ethyl adjacent to an activating group) is 1. The summed E-state index contributed by atoms with van der Waals surface area (Å²) in [5, 5.41) is 9.71. The van der Waals surface area contributed by atoms with Crippen LogP contribution in [0.4, 0.5) is 0 Å². The molecule has 2 atom stereocenters. The Morgan fingerprint density at radius 1 is 1.37 bits per heavy atom. The number of aliphatic hydroxyl groups excluding tert-OH is 1. The molecule has 1 rings (SSSR count). The molecule has 1 aromatic rings. The van der Waals surface area contributed by atoms with Gasteiger partial charge in [0.25, 0.3) is 6.47 Å². The second-order valence-corrected chi connectivity index (χ2v) is 4.50. The zero-order valence-corrected chi connectivity index (χ0v) is 11.6. The number of benzene rings is 1. The molecular formula is C14H21NO4. The molecule has 0 saturated carbocycles. The quantitative estimate of drug-likeness (QED) is 0.713. The van der Waals surface area contributed by atoms with Gasteiger partial charge in [0.05, 0.1) is 19.3 Å². The number of rotatable bonds is 8. The van der Waals surface area contributed by atoms with Crippen LogP contribution in [0.1, 0.15) is 12.5 Å². The number of hydrogen-bond acceptors (Lipinski definition) is 5. The molecule has 2 unspecified atom stereocenters. The van der Waals surface area contributed by atoms with E-state index in [0.29, 0.717) is 13.0 Å². The number of nitrogens with zero attached hydrogens (tertiary/aromatic N) is 1. The van der Waals surface area contributed by atoms with Gasteiger partial charge in [0.15, 0.2) is 0 Å². The summed E-state index contributed by atoms with van der Waals surface area (Å²) < 4.78 is 9.85. The second kappa shape index (κ2) is 7.76. The van der Waals surface area contributed by atoms with Crippen molar-refractivity contribution in [3.63, 3.8) is 0 Å². The molecule has 0 radical (unpaired) electrons. The van der Waals surface area contributed by atoms with E-state index in [-0.39, 0.29) is 12.6 Å². The lowest BCUT2D eigenvalue weighted by Crippen LogP contribution is -2.42. The van der Waals surface area contributed by atoms with Crippen LogP contribution in [0.5, 0.6) is 5.75 Å². The Hall–Kier alpha value is -1.59. The number of ether oxygens (including phenoxy) is 2. The summed E-state index contributed by atoms with van der Waals surface area (Å²) in [6.07, 6.45) is -0.580. The Morgan fingerprint density at radius 3 is 2.47 bits per heavy atom. The van der Waals surface area contributed by atoms with E-state index in [9.17, 15) is 9.90 Å². The standard InChI is InChI=1S/C14H21NO4/c1-11(17)14(9-19-10-16)15(2)8-12-4-6-13(18-3)7-5-12/h4-7,10-11,14,17H,8-9H2,1-3H3. The van der Waals surface area contributed by atoms with E-state index >= 15 is 0 Å². The van der Waals surface area contributed by atoms with Gasteiger partial charge in [0.2, 0.25) is 0 Å². The second-order valence-electron chi connectivity index (χ2n) is 4.50. The zero-order valence-electron chi connectivity index (χ0n) is 11.6. The van der Waals surface area contributed by atoms with E-state index in [4.69, 9.17) is 9.47 Å². The van der Waals surface area contributed by atoms with Crippen LogP contribution in [0.25, 0.3) is 0 Å². The predicted octanol–water partition coefficient (Wildman–Crippen LogP) is 1.05. The van der Waals surface area contributed by atoms with E-state index in [1.807, 2.05) is 36.2 Å². The van der Waals surface area contributed by atoms with E-state index in [1.54, 1.807) is 14.0 Å². The molecule has 0 heterocycles. The first-order valence-electron chi connectivity index (χ1n) is 6.15. The third-order valence-corrected chi connectivity index (χ3v) is 3.05. The highest BCUT2D eigenvalue weighted by Crippen LogP contribution is 2.14. The van der Waals surface area contributed by atoms with E-state index < -0.39 is 6.10 Å². The van der Waals surface area contributed by atoms with Crippen molar-refractivity contribution in [3.8, 4) is 5.75 Å². The maximum Gasteiger partial charge on any atom is 0.293 e. The minimum Gasteiger partial charge on any atom is -0.497 e. The first-order chi connectivity index (χ1) is 9.08. The van der Waals surface area contributed by atoms with Crippen LogP contribution in [0.2, 0.25) is 0 Å². The van der Waals surface area contributed by atoms with Crippen molar-refractivity contribution in [2.45, 2.75) is 25.6 Å². The van der Waals surface area contributed by atoms with Gasteiger partial charge in [-0.3, -0.25) is 9.69 Å². The van der Waals surface area contributed by atoms with Crippen molar-refractivity contribution < 1.29 is 19.4 Å². The molecule has 5 heteroatoms. The van der Waals surface area contributed by atoms with Crippen LogP contribution in [0, 0.1) is 0 Å². The van der Waals surface area contributed by atoms with E-state index in [1.165, 1.54) is 0 Å². The molecular weight excluding hydrogens is 246 g/mol. The van der Waals surface area contributed by atoms with Crippen molar-refractivity contribution in [1.29, 1.82) is 0 Å². The van der Waals surface area contributed by atoms with Crippen molar-refractivity contribution in [1.82, 2.24) is 4.90 Å². The highest BCUT2D eigenvalue weighted by Gasteiger charge is 2.20. The van der Waals surface area contributed by atoms with E-state index in [0.717, 1.165) is 11.3 Å². The smallest absolute Gasteiger partial charge is 0.293 e. The maximum atomic E-state index is 10.2. The molecule has 0 bridgehead atoms. The average molecular weight is 267 g/mol. The summed E-state index contributed by atoms with van der Waals surface area (Å²) in [6, 6.07) is 7.49. The summed E-state index contributed by atoms with van der Waals surface area (Å²) >= 11 is 0. The van der Waals surface area contributed by atoms with Crippen LogP contribution in [0.15, 0.2) is 24.3 Å². The van der Waals surface area contributed by atoms with Gasteiger partial charge in [0.1, 0.15) is 12.4 Å². The van der Waals surface area contributed by atoms with Crippen molar-refractivity contribution in [3.05, 3.63) is 29.8 Å². The molecule has 0 aliphatic rings. The van der Waals surface area contributed by atoms with Gasteiger partial charge in [0, 0.05) is 6.54 Å². The van der Waals surface area contributed by atoms with Gasteiger partial charge in [-0.2, -0.15) is 0 Å². The van der Waals surface area contributed by atoms with Crippen LogP contribution in [0.3, 0.4) is 0 Å². The number of carbonyl (C=O) groups is 1. The Labute approximate surface area is 113 Å². The highest BCUT2D eigenvalue weighted by atomic mass is 16.5. The molecule has 0 aliphatic carbocycles. The first-order valence-corrected chi connectivity index (χ1v) is 6.15. The third-order valence-electron chi connectivity index (χ3n) is 3.05. The summed E-state index contributed by atoms with van der Waals surface area (Å²) in [7, 11) is 3.51. The van der Waals surface area contributed by atoms with Gasteiger partial charge >= 0.3 is 0 Å². The lowest BCUT2D eigenvalue weighted by molar-refractivity contribution is -0.131. The van der Waals surface area contributed by atoms with Gasteiger partial charge in [-0.15, -0.1) is 0 Å². The molecule has 1 aromatic carbocycles. The lowest BCUT2D eigenvalue weighted by atomic mass is 10.1. The molecule has 0 aromatic heterocycles. The fourth-order valence-corrected chi connectivity index (χ4v) is 1.91. The summed E-state index contributed by atoms with van der Waals surface area (Å²) in [5.74, 6) is 0.808. The molecule has 1 N–H and O–H groups in total. The molecule has 0 amide bonds. The van der Waals surface area contributed by atoms with Gasteiger partial charge in [-0.1, -0.05) is 12.1 Å². The van der Waals surface area contributed by atoms with Crippen LogP contribution >= 0.6 is 0 Å². The molecule has 106 valence electrons. The maximum absolute atomic E-state index is 10.2. The fourth-order valence-electron chi connectivity index (χ4n) is 1.91. The summed E-state index contributed by atoms with van der Waals surface area (Å²) in [4.78, 5) is 12.2. The molecule has 0 fully saturated rings. The lowest BCUT2D eigenvalue weighted by Gasteiger charge is -2.29. The summed E-state index contributed by atoms with van der Waals surface area (Å²) in [6.45, 7) is 2.91. The number of methoxy groups -OCH3 is 1. The number of hydrogen-bond donors (Lipinski definition) is 1. The van der Waals surface area contributed by atoms with Crippen LogP contribution in [-0.4, -0.2) is 49.4 Å². The number of carbonyl (C=O) groups excluding carboxylic acids is 1. The minimum absolute atomic E-state index is 0.174. The van der Waals surface area contributed by atoms with Gasteiger partial charge in [-0.25, -0.2) is 0 Å². The molecule has 0 saturated heterocycles. The molecule has 0 spiro atoms. The van der Waals surface area contributed by atoms with Gasteiger partial charge in [-0.05, 0) is 31.7 Å². The normalized spacial score (nSPS) is 13.9. The van der Waals surface area contributed by atoms with Crippen molar-refractivity contribution in [2.75, 3.05) is 20.8 Å². The van der Waals surface area contributed by atoms with E-state index in [2.05, 4.69) is 0 Å². The predicted molar refractivity (Wildman–Crippen MR) is 71.9 cm³/mol. The Balaban J connectivity index is 2.63. The largest absolute Gasteiger partial charge is 0.497 e. The molecule has 5 nitrogen and oxygen atoms in total. The highest BCUT2D eigenvalue weighted by molar-refractivity contribution is 5.37. The topological polar surface area (TPSA) is 59.0 Å².